The Labute approximate surface area is 165 Å². The van der Waals surface area contributed by atoms with Gasteiger partial charge in [-0.05, 0) is 50.7 Å². The van der Waals surface area contributed by atoms with E-state index in [-0.39, 0.29) is 11.4 Å². The molecule has 1 aromatic carbocycles. The smallest absolute Gasteiger partial charge is 0.274 e. The van der Waals surface area contributed by atoms with Crippen LogP contribution in [0.4, 0.5) is 0 Å². The molecule has 2 aromatic rings. The quantitative estimate of drug-likeness (QED) is 0.751. The van der Waals surface area contributed by atoms with E-state index in [0.717, 1.165) is 49.6 Å². The third kappa shape index (κ3) is 3.87. The van der Waals surface area contributed by atoms with E-state index in [9.17, 15) is 8.42 Å². The highest BCUT2D eigenvalue weighted by molar-refractivity contribution is 7.89. The van der Waals surface area contributed by atoms with E-state index in [0.29, 0.717) is 18.3 Å². The molecular weight excluding hydrogens is 380 g/mol. The maximum atomic E-state index is 12.9. The van der Waals surface area contributed by atoms with Gasteiger partial charge in [0.1, 0.15) is 6.10 Å². The molecule has 148 valence electrons. The zero-order valence-corrected chi connectivity index (χ0v) is 17.7. The van der Waals surface area contributed by atoms with Crippen LogP contribution >= 0.6 is 11.3 Å². The standard InChI is InChI=1S/C20H28N2O3S2/c1-14-8-9-15(2)19-18(14)21-20(26-19)25-16-10-12-22(13-11-16)27(23,24)17-6-4-3-5-7-17/h8-9,16-17H,3-7,10-13H2,1-2H3. The molecule has 2 heterocycles. The zero-order chi connectivity index (χ0) is 19.0. The normalized spacial score (nSPS) is 21.0. The lowest BCUT2D eigenvalue weighted by molar-refractivity contribution is 0.134. The van der Waals surface area contributed by atoms with E-state index in [1.807, 2.05) is 0 Å². The number of ether oxygens (including phenoxy) is 1. The number of nitrogens with zero attached hydrogens (tertiary/aromatic N) is 2. The van der Waals surface area contributed by atoms with Gasteiger partial charge in [-0.3, -0.25) is 0 Å². The van der Waals surface area contributed by atoms with Crippen molar-refractivity contribution in [3.63, 3.8) is 0 Å². The Kier molecular flexibility index (Phi) is 5.45. The first-order valence-corrected chi connectivity index (χ1v) is 12.3. The van der Waals surface area contributed by atoms with Crippen molar-refractivity contribution in [3.05, 3.63) is 23.3 Å². The van der Waals surface area contributed by atoms with Gasteiger partial charge in [-0.2, -0.15) is 0 Å². The minimum atomic E-state index is -3.15. The predicted molar refractivity (Wildman–Crippen MR) is 110 cm³/mol. The van der Waals surface area contributed by atoms with Crippen molar-refractivity contribution in [1.82, 2.24) is 9.29 Å². The molecule has 0 atom stereocenters. The number of hydrogen-bond donors (Lipinski definition) is 0. The van der Waals surface area contributed by atoms with E-state index in [1.54, 1.807) is 15.6 Å². The lowest BCUT2D eigenvalue weighted by atomic mass is 10.0. The maximum absolute atomic E-state index is 12.9. The van der Waals surface area contributed by atoms with Crippen molar-refractivity contribution in [2.24, 2.45) is 0 Å². The highest BCUT2D eigenvalue weighted by Gasteiger charge is 2.35. The van der Waals surface area contributed by atoms with E-state index in [1.165, 1.54) is 16.7 Å². The Hall–Kier alpha value is -1.18. The molecular formula is C20H28N2O3S2. The van der Waals surface area contributed by atoms with Gasteiger partial charge >= 0.3 is 0 Å². The molecule has 5 nitrogen and oxygen atoms in total. The van der Waals surface area contributed by atoms with Crippen LogP contribution in [0.3, 0.4) is 0 Å². The largest absolute Gasteiger partial charge is 0.467 e. The Morgan fingerprint density at radius 1 is 1.04 bits per heavy atom. The van der Waals surface area contributed by atoms with Crippen LogP contribution in [0.5, 0.6) is 5.19 Å². The average molecular weight is 409 g/mol. The molecule has 0 N–H and O–H groups in total. The summed E-state index contributed by atoms with van der Waals surface area (Å²) in [5, 5.41) is 0.537. The SMILES string of the molecule is Cc1ccc(C)c2sc(OC3CCN(S(=O)(=O)C4CCCCC4)CC3)nc12. The first-order valence-electron chi connectivity index (χ1n) is 9.97. The predicted octanol–water partition coefficient (Wildman–Crippen LogP) is 4.42. The van der Waals surface area contributed by atoms with Crippen LogP contribution in [0.25, 0.3) is 10.2 Å². The fourth-order valence-electron chi connectivity index (χ4n) is 4.21. The topological polar surface area (TPSA) is 59.5 Å². The van der Waals surface area contributed by atoms with Crippen molar-refractivity contribution in [2.75, 3.05) is 13.1 Å². The van der Waals surface area contributed by atoms with Crippen molar-refractivity contribution in [1.29, 1.82) is 0 Å². The minimum absolute atomic E-state index is 0.0454. The van der Waals surface area contributed by atoms with Crippen LogP contribution in [-0.2, 0) is 10.0 Å². The molecule has 1 aliphatic carbocycles. The highest BCUT2D eigenvalue weighted by atomic mass is 32.2. The fourth-order valence-corrected chi connectivity index (χ4v) is 7.31. The summed E-state index contributed by atoms with van der Waals surface area (Å²) < 4.78 is 34.8. The summed E-state index contributed by atoms with van der Waals surface area (Å²) in [6.07, 6.45) is 6.42. The molecule has 7 heteroatoms. The lowest BCUT2D eigenvalue weighted by Gasteiger charge is -2.34. The van der Waals surface area contributed by atoms with Gasteiger partial charge in [0.05, 0.1) is 15.5 Å². The Balaban J connectivity index is 1.40. The minimum Gasteiger partial charge on any atom is -0.467 e. The summed E-state index contributed by atoms with van der Waals surface area (Å²) in [5.74, 6) is 0. The molecule has 1 saturated carbocycles. The summed E-state index contributed by atoms with van der Waals surface area (Å²) in [6.45, 7) is 5.29. The average Bonchev–Trinajstić information content (AvgIpc) is 3.11. The molecule has 2 aliphatic rings. The molecule has 0 unspecified atom stereocenters. The van der Waals surface area contributed by atoms with Crippen molar-refractivity contribution >= 4 is 31.6 Å². The second-order valence-corrected chi connectivity index (χ2v) is 11.1. The molecule has 2 fully saturated rings. The van der Waals surface area contributed by atoms with Gasteiger partial charge in [0.15, 0.2) is 0 Å². The third-order valence-electron chi connectivity index (χ3n) is 5.92. The summed E-state index contributed by atoms with van der Waals surface area (Å²) in [5.41, 5.74) is 3.40. The van der Waals surface area contributed by atoms with E-state index >= 15 is 0 Å². The van der Waals surface area contributed by atoms with Crippen molar-refractivity contribution < 1.29 is 13.2 Å². The number of aromatic nitrogens is 1. The van der Waals surface area contributed by atoms with Gasteiger partial charge in [-0.1, -0.05) is 42.7 Å². The van der Waals surface area contributed by atoms with E-state index in [2.05, 4.69) is 31.0 Å². The summed E-state index contributed by atoms with van der Waals surface area (Å²) >= 11 is 1.60. The number of rotatable bonds is 4. The van der Waals surface area contributed by atoms with Crippen molar-refractivity contribution in [3.8, 4) is 5.19 Å². The second kappa shape index (κ2) is 7.68. The lowest BCUT2D eigenvalue weighted by Crippen LogP contribution is -2.46. The van der Waals surface area contributed by atoms with Crippen LogP contribution in [-0.4, -0.2) is 42.2 Å². The Morgan fingerprint density at radius 3 is 2.37 bits per heavy atom. The molecule has 1 aromatic heterocycles. The molecule has 0 spiro atoms. The van der Waals surface area contributed by atoms with Gasteiger partial charge in [0.2, 0.25) is 10.0 Å². The number of fused-ring (bicyclic) bond motifs is 1. The van der Waals surface area contributed by atoms with Gasteiger partial charge in [0, 0.05) is 13.1 Å². The molecule has 0 bridgehead atoms. The summed E-state index contributed by atoms with van der Waals surface area (Å²) in [4.78, 5) is 4.67. The van der Waals surface area contributed by atoms with Gasteiger partial charge in [-0.15, -0.1) is 0 Å². The number of sulfonamides is 1. The number of aryl methyl sites for hydroxylation is 2. The van der Waals surface area contributed by atoms with Gasteiger partial charge < -0.3 is 4.74 Å². The van der Waals surface area contributed by atoms with Crippen LogP contribution in [0, 0.1) is 13.8 Å². The van der Waals surface area contributed by atoms with Crippen LogP contribution in [0.2, 0.25) is 0 Å². The van der Waals surface area contributed by atoms with Crippen molar-refractivity contribution in [2.45, 2.75) is 70.1 Å². The molecule has 1 saturated heterocycles. The molecule has 27 heavy (non-hydrogen) atoms. The molecule has 1 aliphatic heterocycles. The summed E-state index contributed by atoms with van der Waals surface area (Å²) in [6, 6.07) is 4.21. The van der Waals surface area contributed by atoms with Gasteiger partial charge in [0.25, 0.3) is 5.19 Å². The first kappa shape index (κ1) is 19.2. The maximum Gasteiger partial charge on any atom is 0.274 e. The van der Waals surface area contributed by atoms with Crippen LogP contribution < -0.4 is 4.74 Å². The molecule has 0 radical (unpaired) electrons. The van der Waals surface area contributed by atoms with Gasteiger partial charge in [-0.25, -0.2) is 17.7 Å². The molecule has 0 amide bonds. The second-order valence-electron chi connectivity index (χ2n) is 7.88. The highest BCUT2D eigenvalue weighted by Crippen LogP contribution is 2.34. The summed E-state index contributed by atoms with van der Waals surface area (Å²) in [7, 11) is -3.15. The number of thiazole rings is 1. The number of piperidine rings is 1. The van der Waals surface area contributed by atoms with Crippen LogP contribution in [0.15, 0.2) is 12.1 Å². The van der Waals surface area contributed by atoms with Crippen LogP contribution in [0.1, 0.15) is 56.1 Å². The monoisotopic (exact) mass is 408 g/mol. The van der Waals surface area contributed by atoms with E-state index < -0.39 is 10.0 Å². The number of hydrogen-bond acceptors (Lipinski definition) is 5. The van der Waals surface area contributed by atoms with E-state index in [4.69, 9.17) is 4.74 Å². The zero-order valence-electron chi connectivity index (χ0n) is 16.1. The molecule has 4 rings (SSSR count). The fraction of sp³-hybridized carbons (Fsp3) is 0.650. The Morgan fingerprint density at radius 2 is 1.70 bits per heavy atom. The Bertz CT molecular complexity index is 870. The number of benzene rings is 1. The third-order valence-corrected chi connectivity index (χ3v) is 9.40. The first-order chi connectivity index (χ1) is 12.9.